The van der Waals surface area contributed by atoms with Crippen molar-refractivity contribution in [2.24, 2.45) is 10.7 Å². The number of rotatable bonds is 6. The van der Waals surface area contributed by atoms with Crippen molar-refractivity contribution in [1.82, 2.24) is 0 Å². The van der Waals surface area contributed by atoms with Crippen LogP contribution in [0.1, 0.15) is 44.6 Å². The maximum Gasteiger partial charge on any atom is 0.193 e. The molecule has 1 saturated heterocycles. The molecular weight excluding hydrogens is 306 g/mol. The molecule has 1 fully saturated rings. The molecule has 23 heavy (non-hydrogen) atoms. The van der Waals surface area contributed by atoms with Gasteiger partial charge in [0.05, 0.1) is 6.54 Å². The highest BCUT2D eigenvalue weighted by Crippen LogP contribution is 2.34. The SMILES string of the molecule is CCC(C)c1ccc(NC(N)=NCC2(SC)CCOCC2)cc1. The van der Waals surface area contributed by atoms with Gasteiger partial charge in [-0.15, -0.1) is 0 Å². The van der Waals surface area contributed by atoms with Crippen molar-refractivity contribution in [3.63, 3.8) is 0 Å². The molecule has 1 aromatic rings. The first-order chi connectivity index (χ1) is 11.1. The average molecular weight is 336 g/mol. The quantitative estimate of drug-likeness (QED) is 0.612. The van der Waals surface area contributed by atoms with Crippen LogP contribution in [0.25, 0.3) is 0 Å². The van der Waals surface area contributed by atoms with Gasteiger partial charge in [-0.25, -0.2) is 0 Å². The molecule has 5 heteroatoms. The molecule has 0 aromatic heterocycles. The lowest BCUT2D eigenvalue weighted by atomic mass is 9.99. The third-order valence-corrected chi connectivity index (χ3v) is 6.14. The first-order valence-electron chi connectivity index (χ1n) is 8.38. The Morgan fingerprint density at radius 3 is 2.57 bits per heavy atom. The standard InChI is InChI=1S/C18H29N3OS/c1-4-14(2)15-5-7-16(8-6-15)21-17(19)20-13-18(23-3)9-11-22-12-10-18/h5-8,14H,4,9-13H2,1-3H3,(H3,19,20,21). The lowest BCUT2D eigenvalue weighted by molar-refractivity contribution is 0.0794. The molecule has 4 nitrogen and oxygen atoms in total. The molecule has 0 aliphatic carbocycles. The molecule has 0 bridgehead atoms. The van der Waals surface area contributed by atoms with E-state index in [4.69, 9.17) is 10.5 Å². The second-order valence-corrected chi connectivity index (χ2v) is 7.53. The van der Waals surface area contributed by atoms with Gasteiger partial charge in [-0.05, 0) is 49.1 Å². The number of anilines is 1. The van der Waals surface area contributed by atoms with Gasteiger partial charge in [0, 0.05) is 23.6 Å². The highest BCUT2D eigenvalue weighted by molar-refractivity contribution is 8.00. The number of thioether (sulfide) groups is 1. The van der Waals surface area contributed by atoms with Gasteiger partial charge in [0.15, 0.2) is 5.96 Å². The number of aliphatic imine (C=N–C) groups is 1. The number of hydrogen-bond donors (Lipinski definition) is 2. The summed E-state index contributed by atoms with van der Waals surface area (Å²) in [6, 6.07) is 8.46. The van der Waals surface area contributed by atoms with E-state index in [0.29, 0.717) is 11.9 Å². The lowest BCUT2D eigenvalue weighted by Crippen LogP contribution is -2.37. The van der Waals surface area contributed by atoms with Crippen LogP contribution in [0.3, 0.4) is 0 Å². The minimum Gasteiger partial charge on any atom is -0.381 e. The topological polar surface area (TPSA) is 59.6 Å². The van der Waals surface area contributed by atoms with E-state index in [1.54, 1.807) is 0 Å². The third-order valence-electron chi connectivity index (χ3n) is 4.74. The third kappa shape index (κ3) is 5.15. The molecule has 1 atom stereocenters. The molecular formula is C18H29N3OS. The lowest BCUT2D eigenvalue weighted by Gasteiger charge is -2.34. The second kappa shape index (κ2) is 8.60. The molecule has 1 heterocycles. The van der Waals surface area contributed by atoms with E-state index in [-0.39, 0.29) is 4.75 Å². The Morgan fingerprint density at radius 2 is 2.00 bits per heavy atom. The Hall–Kier alpha value is -1.20. The minimum atomic E-state index is 0.172. The Morgan fingerprint density at radius 1 is 1.35 bits per heavy atom. The highest BCUT2D eigenvalue weighted by atomic mass is 32.2. The number of benzene rings is 1. The molecule has 1 aromatic carbocycles. The smallest absolute Gasteiger partial charge is 0.193 e. The number of nitrogens with two attached hydrogens (primary N) is 1. The van der Waals surface area contributed by atoms with Crippen LogP contribution in [-0.4, -0.2) is 36.7 Å². The Labute approximate surface area is 144 Å². The maximum atomic E-state index is 6.06. The summed E-state index contributed by atoms with van der Waals surface area (Å²) >= 11 is 1.88. The normalized spacial score (nSPS) is 19.3. The zero-order chi connectivity index (χ0) is 16.7. The van der Waals surface area contributed by atoms with Crippen LogP contribution in [0.2, 0.25) is 0 Å². The van der Waals surface area contributed by atoms with Crippen LogP contribution >= 0.6 is 11.8 Å². The summed E-state index contributed by atoms with van der Waals surface area (Å²) in [5, 5.41) is 3.19. The minimum absolute atomic E-state index is 0.172. The van der Waals surface area contributed by atoms with E-state index >= 15 is 0 Å². The first kappa shape index (κ1) is 18.1. The molecule has 2 rings (SSSR count). The molecule has 128 valence electrons. The van der Waals surface area contributed by atoms with E-state index in [2.05, 4.69) is 54.7 Å². The summed E-state index contributed by atoms with van der Waals surface area (Å²) in [6.45, 7) is 6.83. The van der Waals surface area contributed by atoms with Gasteiger partial charge in [0.2, 0.25) is 0 Å². The van der Waals surface area contributed by atoms with E-state index in [9.17, 15) is 0 Å². The number of hydrogen-bond acceptors (Lipinski definition) is 3. The summed E-state index contributed by atoms with van der Waals surface area (Å²) in [5.41, 5.74) is 8.41. The number of nitrogens with zero attached hydrogens (tertiary/aromatic N) is 1. The summed E-state index contributed by atoms with van der Waals surface area (Å²) < 4.78 is 5.63. The molecule has 0 radical (unpaired) electrons. The van der Waals surface area contributed by atoms with Crippen LogP contribution < -0.4 is 11.1 Å². The van der Waals surface area contributed by atoms with Crippen LogP contribution in [-0.2, 0) is 4.74 Å². The van der Waals surface area contributed by atoms with Gasteiger partial charge < -0.3 is 15.8 Å². The number of ether oxygens (including phenoxy) is 1. The van der Waals surface area contributed by atoms with Crippen LogP contribution in [0.15, 0.2) is 29.3 Å². The van der Waals surface area contributed by atoms with Crippen molar-refractivity contribution in [2.45, 2.75) is 43.8 Å². The van der Waals surface area contributed by atoms with Gasteiger partial charge in [-0.3, -0.25) is 4.99 Å². The van der Waals surface area contributed by atoms with Crippen molar-refractivity contribution in [1.29, 1.82) is 0 Å². The van der Waals surface area contributed by atoms with Gasteiger partial charge in [0.1, 0.15) is 0 Å². The second-order valence-electron chi connectivity index (χ2n) is 6.26. The largest absolute Gasteiger partial charge is 0.381 e. The zero-order valence-electron chi connectivity index (χ0n) is 14.5. The Kier molecular flexibility index (Phi) is 6.78. The molecule has 0 amide bonds. The molecule has 3 N–H and O–H groups in total. The molecule has 1 aliphatic heterocycles. The Bertz CT molecular complexity index is 510. The molecule has 1 aliphatic rings. The monoisotopic (exact) mass is 335 g/mol. The van der Waals surface area contributed by atoms with E-state index < -0.39 is 0 Å². The summed E-state index contributed by atoms with van der Waals surface area (Å²) in [4.78, 5) is 4.57. The van der Waals surface area contributed by atoms with Crippen LogP contribution in [0.5, 0.6) is 0 Å². The fraction of sp³-hybridized carbons (Fsp3) is 0.611. The van der Waals surface area contributed by atoms with E-state index in [1.807, 2.05) is 11.8 Å². The highest BCUT2D eigenvalue weighted by Gasteiger charge is 2.31. The summed E-state index contributed by atoms with van der Waals surface area (Å²) in [6.07, 6.45) is 5.37. The fourth-order valence-electron chi connectivity index (χ4n) is 2.72. The van der Waals surface area contributed by atoms with Crippen molar-refractivity contribution in [3.8, 4) is 0 Å². The average Bonchev–Trinajstić information content (AvgIpc) is 2.61. The number of nitrogens with one attached hydrogen (secondary N) is 1. The van der Waals surface area contributed by atoms with Gasteiger partial charge in [-0.2, -0.15) is 11.8 Å². The fourth-order valence-corrected chi connectivity index (χ4v) is 3.49. The summed E-state index contributed by atoms with van der Waals surface area (Å²) in [5.74, 6) is 1.08. The summed E-state index contributed by atoms with van der Waals surface area (Å²) in [7, 11) is 0. The maximum absolute atomic E-state index is 6.06. The first-order valence-corrected chi connectivity index (χ1v) is 9.61. The van der Waals surface area contributed by atoms with Crippen molar-refractivity contribution in [3.05, 3.63) is 29.8 Å². The van der Waals surface area contributed by atoms with Gasteiger partial charge >= 0.3 is 0 Å². The predicted molar refractivity (Wildman–Crippen MR) is 102 cm³/mol. The Balaban J connectivity index is 1.93. The van der Waals surface area contributed by atoms with E-state index in [0.717, 1.165) is 44.7 Å². The molecule has 1 unspecified atom stereocenters. The number of guanidine groups is 1. The van der Waals surface area contributed by atoms with Crippen LogP contribution in [0.4, 0.5) is 5.69 Å². The van der Waals surface area contributed by atoms with E-state index in [1.165, 1.54) is 5.56 Å². The van der Waals surface area contributed by atoms with Gasteiger partial charge in [-0.1, -0.05) is 26.0 Å². The van der Waals surface area contributed by atoms with Crippen LogP contribution in [0, 0.1) is 0 Å². The van der Waals surface area contributed by atoms with Crippen molar-refractivity contribution >= 4 is 23.4 Å². The van der Waals surface area contributed by atoms with Crippen molar-refractivity contribution in [2.75, 3.05) is 31.3 Å². The predicted octanol–water partition coefficient (Wildman–Crippen LogP) is 3.84. The van der Waals surface area contributed by atoms with Crippen molar-refractivity contribution < 1.29 is 4.74 Å². The zero-order valence-corrected chi connectivity index (χ0v) is 15.3. The molecule has 0 spiro atoms. The molecule has 0 saturated carbocycles. The van der Waals surface area contributed by atoms with Gasteiger partial charge in [0.25, 0.3) is 0 Å².